The fourth-order valence-corrected chi connectivity index (χ4v) is 1.96. The average molecular weight is 223 g/mol. The summed E-state index contributed by atoms with van der Waals surface area (Å²) < 4.78 is 12.9. The van der Waals surface area contributed by atoms with Crippen LogP contribution >= 0.6 is 0 Å². The van der Waals surface area contributed by atoms with E-state index < -0.39 is 17.1 Å². The number of benzene rings is 1. The van der Waals surface area contributed by atoms with E-state index in [4.69, 9.17) is 0 Å². The van der Waals surface area contributed by atoms with E-state index in [1.807, 2.05) is 0 Å². The standard InChI is InChI=1S/C11H10FNO3/c12-8-5-9(15)7(4-10(8)16)11(13-6-14)2-1-3-11/h4-5,15-16H,1-3H2. The molecule has 84 valence electrons. The van der Waals surface area contributed by atoms with Gasteiger partial charge in [0.1, 0.15) is 11.3 Å². The quantitative estimate of drug-likeness (QED) is 0.457. The highest BCUT2D eigenvalue weighted by atomic mass is 19.1. The third kappa shape index (κ3) is 1.46. The maximum Gasteiger partial charge on any atom is 0.235 e. The first-order valence-electron chi connectivity index (χ1n) is 4.90. The molecule has 5 heteroatoms. The van der Waals surface area contributed by atoms with Gasteiger partial charge in [-0.25, -0.2) is 9.18 Å². The Morgan fingerprint density at radius 3 is 2.50 bits per heavy atom. The summed E-state index contributed by atoms with van der Waals surface area (Å²) in [5, 5.41) is 18.9. The molecule has 1 saturated carbocycles. The number of isocyanates is 1. The van der Waals surface area contributed by atoms with Crippen molar-refractivity contribution >= 4 is 6.08 Å². The molecule has 1 fully saturated rings. The van der Waals surface area contributed by atoms with Crippen LogP contribution in [-0.4, -0.2) is 16.3 Å². The molecule has 0 spiro atoms. The molecule has 1 aliphatic carbocycles. The lowest BCUT2D eigenvalue weighted by molar-refractivity contribution is 0.246. The van der Waals surface area contributed by atoms with Gasteiger partial charge in [0.2, 0.25) is 6.08 Å². The molecule has 2 rings (SSSR count). The largest absolute Gasteiger partial charge is 0.507 e. The van der Waals surface area contributed by atoms with Crippen molar-refractivity contribution < 1.29 is 19.4 Å². The van der Waals surface area contributed by atoms with E-state index in [9.17, 15) is 19.4 Å². The average Bonchev–Trinajstić information content (AvgIpc) is 2.18. The Kier molecular flexibility index (Phi) is 2.40. The number of hydrogen-bond acceptors (Lipinski definition) is 4. The van der Waals surface area contributed by atoms with Crippen molar-refractivity contribution in [3.05, 3.63) is 23.5 Å². The fraction of sp³-hybridized carbons (Fsp3) is 0.364. The van der Waals surface area contributed by atoms with Crippen LogP contribution in [0.4, 0.5) is 4.39 Å². The van der Waals surface area contributed by atoms with Crippen LogP contribution in [0, 0.1) is 5.82 Å². The van der Waals surface area contributed by atoms with Gasteiger partial charge in [-0.1, -0.05) is 0 Å². The SMILES string of the molecule is O=C=NC1(c2cc(O)c(F)cc2O)CCC1. The summed E-state index contributed by atoms with van der Waals surface area (Å²) >= 11 is 0. The highest BCUT2D eigenvalue weighted by molar-refractivity contribution is 5.48. The van der Waals surface area contributed by atoms with Crippen molar-refractivity contribution in [1.82, 2.24) is 0 Å². The number of rotatable bonds is 2. The van der Waals surface area contributed by atoms with Crippen molar-refractivity contribution in [2.75, 3.05) is 0 Å². The normalized spacial score (nSPS) is 17.3. The van der Waals surface area contributed by atoms with Crippen LogP contribution < -0.4 is 0 Å². The third-order valence-corrected chi connectivity index (χ3v) is 3.01. The van der Waals surface area contributed by atoms with E-state index in [0.29, 0.717) is 12.8 Å². The number of carbonyl (C=O) groups excluding carboxylic acids is 1. The van der Waals surface area contributed by atoms with E-state index in [1.54, 1.807) is 0 Å². The zero-order valence-electron chi connectivity index (χ0n) is 8.40. The molecule has 0 bridgehead atoms. The summed E-state index contributed by atoms with van der Waals surface area (Å²) in [5.74, 6) is -1.75. The minimum atomic E-state index is -0.897. The second-order valence-electron chi connectivity index (χ2n) is 3.91. The van der Waals surface area contributed by atoms with Gasteiger partial charge in [-0.2, -0.15) is 4.99 Å². The number of aromatic hydroxyl groups is 2. The molecular weight excluding hydrogens is 213 g/mol. The second-order valence-corrected chi connectivity index (χ2v) is 3.91. The molecule has 0 amide bonds. The molecule has 4 nitrogen and oxygen atoms in total. The van der Waals surface area contributed by atoms with Crippen molar-refractivity contribution in [2.45, 2.75) is 24.8 Å². The molecule has 1 aromatic rings. The highest BCUT2D eigenvalue weighted by Crippen LogP contribution is 2.48. The zero-order valence-corrected chi connectivity index (χ0v) is 8.40. The van der Waals surface area contributed by atoms with Crippen LogP contribution in [0.15, 0.2) is 17.1 Å². The Morgan fingerprint density at radius 1 is 1.31 bits per heavy atom. The summed E-state index contributed by atoms with van der Waals surface area (Å²) in [5.41, 5.74) is -0.558. The van der Waals surface area contributed by atoms with E-state index in [1.165, 1.54) is 6.08 Å². The van der Waals surface area contributed by atoms with Gasteiger partial charge in [0.15, 0.2) is 11.6 Å². The van der Waals surface area contributed by atoms with Gasteiger partial charge in [0.05, 0.1) is 0 Å². The van der Waals surface area contributed by atoms with E-state index in [-0.39, 0.29) is 11.3 Å². The number of hydrogen-bond donors (Lipinski definition) is 2. The van der Waals surface area contributed by atoms with E-state index in [0.717, 1.165) is 18.6 Å². The number of phenolic OH excluding ortho intramolecular Hbond substituents is 2. The molecule has 0 heterocycles. The first-order chi connectivity index (χ1) is 7.59. The molecular formula is C11H10FNO3. The van der Waals surface area contributed by atoms with Gasteiger partial charge in [-0.15, -0.1) is 0 Å². The van der Waals surface area contributed by atoms with E-state index in [2.05, 4.69) is 4.99 Å². The number of aliphatic imine (C=N–C) groups is 1. The smallest absolute Gasteiger partial charge is 0.235 e. The summed E-state index contributed by atoms with van der Waals surface area (Å²) in [4.78, 5) is 14.0. The maximum atomic E-state index is 12.9. The van der Waals surface area contributed by atoms with Crippen molar-refractivity contribution in [3.8, 4) is 11.5 Å². The summed E-state index contributed by atoms with van der Waals surface area (Å²) in [6, 6.07) is 1.94. The first-order valence-corrected chi connectivity index (χ1v) is 4.90. The second kappa shape index (κ2) is 3.61. The topological polar surface area (TPSA) is 69.9 Å². The lowest BCUT2D eigenvalue weighted by Crippen LogP contribution is -2.31. The minimum absolute atomic E-state index is 0.279. The van der Waals surface area contributed by atoms with Gasteiger partial charge in [0.25, 0.3) is 0 Å². The molecule has 0 aromatic heterocycles. The number of phenols is 2. The molecule has 2 N–H and O–H groups in total. The summed E-state index contributed by atoms with van der Waals surface area (Å²) in [6.45, 7) is 0. The first kappa shape index (κ1) is 10.6. The zero-order chi connectivity index (χ0) is 11.8. The van der Waals surface area contributed by atoms with Gasteiger partial charge in [0, 0.05) is 11.6 Å². The third-order valence-electron chi connectivity index (χ3n) is 3.01. The molecule has 0 radical (unpaired) electrons. The fourth-order valence-electron chi connectivity index (χ4n) is 1.96. The van der Waals surface area contributed by atoms with Crippen molar-refractivity contribution in [2.24, 2.45) is 4.99 Å². The van der Waals surface area contributed by atoms with Gasteiger partial charge >= 0.3 is 0 Å². The lowest BCUT2D eigenvalue weighted by Gasteiger charge is -2.37. The Balaban J connectivity index is 2.54. The molecule has 16 heavy (non-hydrogen) atoms. The number of halogens is 1. The van der Waals surface area contributed by atoms with Crippen LogP contribution in [-0.2, 0) is 10.3 Å². The monoisotopic (exact) mass is 223 g/mol. The van der Waals surface area contributed by atoms with E-state index >= 15 is 0 Å². The molecule has 1 aromatic carbocycles. The predicted octanol–water partition coefficient (Wildman–Crippen LogP) is 1.95. The van der Waals surface area contributed by atoms with Crippen LogP contribution in [0.2, 0.25) is 0 Å². The molecule has 0 saturated heterocycles. The van der Waals surface area contributed by atoms with Crippen molar-refractivity contribution in [1.29, 1.82) is 0 Å². The molecule has 1 aliphatic rings. The Labute approximate surface area is 91.1 Å². The summed E-state index contributed by atoms with van der Waals surface area (Å²) in [6.07, 6.45) is 3.49. The van der Waals surface area contributed by atoms with Gasteiger partial charge in [-0.3, -0.25) is 0 Å². The Hall–Kier alpha value is -1.87. The van der Waals surface area contributed by atoms with Crippen LogP contribution in [0.25, 0.3) is 0 Å². The van der Waals surface area contributed by atoms with Crippen LogP contribution in [0.1, 0.15) is 24.8 Å². The van der Waals surface area contributed by atoms with Crippen LogP contribution in [0.5, 0.6) is 11.5 Å². The van der Waals surface area contributed by atoms with Crippen molar-refractivity contribution in [3.63, 3.8) is 0 Å². The molecule has 0 aliphatic heterocycles. The summed E-state index contributed by atoms with van der Waals surface area (Å²) in [7, 11) is 0. The highest BCUT2D eigenvalue weighted by Gasteiger charge is 2.41. The van der Waals surface area contributed by atoms with Gasteiger partial charge < -0.3 is 10.2 Å². The maximum absolute atomic E-state index is 12.9. The minimum Gasteiger partial charge on any atom is -0.507 e. The Bertz CT molecular complexity index is 476. The Morgan fingerprint density at radius 2 is 2.00 bits per heavy atom. The predicted molar refractivity (Wildman–Crippen MR) is 53.4 cm³/mol. The molecule has 0 atom stereocenters. The lowest BCUT2D eigenvalue weighted by atomic mass is 9.72. The van der Waals surface area contributed by atoms with Crippen LogP contribution in [0.3, 0.4) is 0 Å². The number of nitrogens with zero attached hydrogens (tertiary/aromatic N) is 1. The molecule has 0 unspecified atom stereocenters. The van der Waals surface area contributed by atoms with Gasteiger partial charge in [-0.05, 0) is 25.3 Å².